The lowest BCUT2D eigenvalue weighted by atomic mass is 10.1. The van der Waals surface area contributed by atoms with Gasteiger partial charge in [0.05, 0.1) is 12.1 Å². The first-order chi connectivity index (χ1) is 11.5. The Morgan fingerprint density at radius 2 is 2.08 bits per heavy atom. The molecule has 0 radical (unpaired) electrons. The van der Waals surface area contributed by atoms with E-state index < -0.39 is 17.5 Å². The van der Waals surface area contributed by atoms with Gasteiger partial charge in [-0.25, -0.2) is 8.78 Å². The van der Waals surface area contributed by atoms with Crippen LogP contribution in [-0.4, -0.2) is 13.0 Å². The second-order valence-electron chi connectivity index (χ2n) is 4.62. The van der Waals surface area contributed by atoms with Crippen LogP contribution in [0.1, 0.15) is 5.56 Å². The molecule has 0 fully saturated rings. The number of nitrogens with zero attached hydrogens (tertiary/aromatic N) is 1. The summed E-state index contributed by atoms with van der Waals surface area (Å²) in [4.78, 5) is 12.1. The number of rotatable bonds is 4. The Balaban J connectivity index is 2.26. The van der Waals surface area contributed by atoms with Crippen LogP contribution in [0.2, 0.25) is 5.02 Å². The molecule has 0 heterocycles. The molecule has 4 nitrogen and oxygen atoms in total. The monoisotopic (exact) mass is 348 g/mol. The van der Waals surface area contributed by atoms with Gasteiger partial charge in [0.1, 0.15) is 17.4 Å². The Labute approximate surface area is 141 Å². The first-order valence-corrected chi connectivity index (χ1v) is 7.04. The van der Waals surface area contributed by atoms with Crippen molar-refractivity contribution in [3.63, 3.8) is 0 Å². The summed E-state index contributed by atoms with van der Waals surface area (Å²) < 4.78 is 31.8. The molecule has 2 aromatic carbocycles. The number of hydrogen-bond donors (Lipinski definition) is 1. The van der Waals surface area contributed by atoms with Crippen LogP contribution in [0.15, 0.2) is 42.0 Å². The summed E-state index contributed by atoms with van der Waals surface area (Å²) >= 11 is 5.95. The van der Waals surface area contributed by atoms with Gasteiger partial charge in [-0.1, -0.05) is 23.7 Å². The van der Waals surface area contributed by atoms with Crippen molar-refractivity contribution in [3.05, 3.63) is 64.2 Å². The van der Waals surface area contributed by atoms with Crippen molar-refractivity contribution in [3.8, 4) is 11.8 Å². The van der Waals surface area contributed by atoms with Crippen LogP contribution in [0, 0.1) is 23.0 Å². The molecule has 1 amide bonds. The van der Waals surface area contributed by atoms with Crippen molar-refractivity contribution >= 4 is 29.3 Å². The Bertz CT molecular complexity index is 860. The van der Waals surface area contributed by atoms with E-state index in [2.05, 4.69) is 5.32 Å². The number of anilines is 1. The second kappa shape index (κ2) is 7.57. The van der Waals surface area contributed by atoms with E-state index in [1.54, 1.807) is 12.1 Å². The third-order valence-corrected chi connectivity index (χ3v) is 3.35. The van der Waals surface area contributed by atoms with E-state index in [-0.39, 0.29) is 16.2 Å². The summed E-state index contributed by atoms with van der Waals surface area (Å²) in [5, 5.41) is 11.8. The van der Waals surface area contributed by atoms with Gasteiger partial charge in [0, 0.05) is 11.3 Å². The number of amides is 1. The summed E-state index contributed by atoms with van der Waals surface area (Å²) in [6.45, 7) is 0. The van der Waals surface area contributed by atoms with Crippen molar-refractivity contribution in [2.24, 2.45) is 0 Å². The van der Waals surface area contributed by atoms with Crippen LogP contribution >= 0.6 is 11.6 Å². The minimum Gasteiger partial charge on any atom is -0.495 e. The number of hydrogen-bond acceptors (Lipinski definition) is 3. The third-order valence-electron chi connectivity index (χ3n) is 3.06. The highest BCUT2D eigenvalue weighted by Crippen LogP contribution is 2.27. The van der Waals surface area contributed by atoms with E-state index in [0.717, 1.165) is 12.1 Å². The fourth-order valence-electron chi connectivity index (χ4n) is 1.88. The number of carbonyl (C=O) groups excluding carboxylic acids is 1. The number of halogens is 3. The molecule has 7 heteroatoms. The number of nitriles is 1. The van der Waals surface area contributed by atoms with E-state index in [1.807, 2.05) is 0 Å². The molecule has 0 unspecified atom stereocenters. The SMILES string of the molecule is COc1ccc(NC(=O)/C(C#N)=C\c2cccc(F)c2F)cc1Cl. The van der Waals surface area contributed by atoms with Gasteiger partial charge in [-0.2, -0.15) is 5.26 Å². The van der Waals surface area contributed by atoms with Gasteiger partial charge < -0.3 is 10.1 Å². The predicted molar refractivity (Wildman–Crippen MR) is 86.6 cm³/mol. The van der Waals surface area contributed by atoms with Crippen LogP contribution in [0.3, 0.4) is 0 Å². The average molecular weight is 349 g/mol. The Morgan fingerprint density at radius 1 is 1.33 bits per heavy atom. The number of methoxy groups -OCH3 is 1. The van der Waals surface area contributed by atoms with Gasteiger partial charge in [-0.15, -0.1) is 0 Å². The van der Waals surface area contributed by atoms with Crippen LogP contribution in [-0.2, 0) is 4.79 Å². The largest absolute Gasteiger partial charge is 0.495 e. The van der Waals surface area contributed by atoms with Crippen molar-refractivity contribution < 1.29 is 18.3 Å². The van der Waals surface area contributed by atoms with Gasteiger partial charge >= 0.3 is 0 Å². The molecule has 2 rings (SSSR count). The van der Waals surface area contributed by atoms with Gasteiger partial charge in [-0.3, -0.25) is 4.79 Å². The third kappa shape index (κ3) is 3.89. The van der Waals surface area contributed by atoms with Crippen LogP contribution in [0.25, 0.3) is 6.08 Å². The quantitative estimate of drug-likeness (QED) is 0.666. The van der Waals surface area contributed by atoms with Gasteiger partial charge in [-0.05, 0) is 30.3 Å². The summed E-state index contributed by atoms with van der Waals surface area (Å²) in [7, 11) is 1.45. The molecule has 1 N–H and O–H groups in total. The molecule has 0 spiro atoms. The highest BCUT2D eigenvalue weighted by atomic mass is 35.5. The minimum atomic E-state index is -1.13. The Kier molecular flexibility index (Phi) is 5.51. The Hall–Kier alpha value is -2.91. The van der Waals surface area contributed by atoms with E-state index in [0.29, 0.717) is 11.4 Å². The fourth-order valence-corrected chi connectivity index (χ4v) is 2.14. The number of benzene rings is 2. The van der Waals surface area contributed by atoms with Gasteiger partial charge in [0.25, 0.3) is 5.91 Å². The molecule has 0 aliphatic carbocycles. The smallest absolute Gasteiger partial charge is 0.266 e. The zero-order valence-corrected chi connectivity index (χ0v) is 13.2. The maximum atomic E-state index is 13.6. The van der Waals surface area contributed by atoms with Gasteiger partial charge in [0.2, 0.25) is 0 Å². The first kappa shape index (κ1) is 17.4. The summed E-state index contributed by atoms with van der Waals surface area (Å²) in [6.07, 6.45) is 0.971. The lowest BCUT2D eigenvalue weighted by molar-refractivity contribution is -0.112. The number of nitrogens with one attached hydrogen (secondary N) is 1. The first-order valence-electron chi connectivity index (χ1n) is 6.67. The lowest BCUT2D eigenvalue weighted by Crippen LogP contribution is -2.13. The van der Waals surface area contributed by atoms with Crippen LogP contribution < -0.4 is 10.1 Å². The lowest BCUT2D eigenvalue weighted by Gasteiger charge is -2.07. The molecular weight excluding hydrogens is 338 g/mol. The molecule has 0 saturated carbocycles. The minimum absolute atomic E-state index is 0.200. The molecular formula is C17H11ClF2N2O2. The van der Waals surface area contributed by atoms with Crippen LogP contribution in [0.5, 0.6) is 5.75 Å². The molecule has 0 aliphatic rings. The molecule has 0 saturated heterocycles. The van der Waals surface area contributed by atoms with E-state index in [1.165, 1.54) is 31.4 Å². The number of ether oxygens (including phenoxy) is 1. The van der Waals surface area contributed by atoms with E-state index in [4.69, 9.17) is 21.6 Å². The zero-order valence-electron chi connectivity index (χ0n) is 12.4. The fraction of sp³-hybridized carbons (Fsp3) is 0.0588. The highest BCUT2D eigenvalue weighted by molar-refractivity contribution is 6.32. The van der Waals surface area contributed by atoms with Crippen molar-refractivity contribution in [1.82, 2.24) is 0 Å². The number of carbonyl (C=O) groups is 1. The topological polar surface area (TPSA) is 62.1 Å². The molecule has 0 bridgehead atoms. The normalized spacial score (nSPS) is 10.9. The molecule has 2 aromatic rings. The predicted octanol–water partition coefficient (Wildman–Crippen LogP) is 4.17. The Morgan fingerprint density at radius 3 is 2.71 bits per heavy atom. The van der Waals surface area contributed by atoms with Gasteiger partial charge in [0.15, 0.2) is 11.6 Å². The summed E-state index contributed by atoms with van der Waals surface area (Å²) in [6, 6.07) is 9.64. The molecule has 122 valence electrons. The maximum absolute atomic E-state index is 13.6. The highest BCUT2D eigenvalue weighted by Gasteiger charge is 2.13. The average Bonchev–Trinajstić information content (AvgIpc) is 2.56. The van der Waals surface area contributed by atoms with Crippen molar-refractivity contribution in [2.45, 2.75) is 0 Å². The molecule has 0 aromatic heterocycles. The summed E-state index contributed by atoms with van der Waals surface area (Å²) in [5.41, 5.74) is -0.257. The van der Waals surface area contributed by atoms with Crippen molar-refractivity contribution in [2.75, 3.05) is 12.4 Å². The van der Waals surface area contributed by atoms with Crippen LogP contribution in [0.4, 0.5) is 14.5 Å². The molecule has 24 heavy (non-hydrogen) atoms. The summed E-state index contributed by atoms with van der Waals surface area (Å²) in [5.74, 6) is -2.55. The zero-order chi connectivity index (χ0) is 17.7. The second-order valence-corrected chi connectivity index (χ2v) is 5.02. The maximum Gasteiger partial charge on any atom is 0.266 e. The molecule has 0 atom stereocenters. The van der Waals surface area contributed by atoms with E-state index >= 15 is 0 Å². The standard InChI is InChI=1S/C17H11ClF2N2O2/c1-24-15-6-5-12(8-13(15)18)22-17(23)11(9-21)7-10-3-2-4-14(19)16(10)20/h2-8H,1H3,(H,22,23)/b11-7-. The van der Waals surface area contributed by atoms with E-state index in [9.17, 15) is 13.6 Å². The molecule has 0 aliphatic heterocycles. The van der Waals surface area contributed by atoms with Crippen molar-refractivity contribution in [1.29, 1.82) is 5.26 Å².